The molecule has 1 aromatic carbocycles. The molecule has 0 aliphatic carbocycles. The van der Waals surface area contributed by atoms with Crippen LogP contribution in [-0.4, -0.2) is 37.6 Å². The van der Waals surface area contributed by atoms with E-state index >= 15 is 0 Å². The third-order valence-corrected chi connectivity index (χ3v) is 2.99. The van der Waals surface area contributed by atoms with Gasteiger partial charge in [0.1, 0.15) is 0 Å². The molecule has 1 aromatic rings. The fourth-order valence-electron chi connectivity index (χ4n) is 1.96. The monoisotopic (exact) mass is 291 g/mol. The van der Waals surface area contributed by atoms with Crippen molar-refractivity contribution < 1.29 is 23.0 Å². The molecule has 0 saturated carbocycles. The lowest BCUT2D eigenvalue weighted by atomic mass is 9.91. The van der Waals surface area contributed by atoms with Gasteiger partial charge >= 0.3 is 6.18 Å². The Bertz CT molecular complexity index is 384. The highest BCUT2D eigenvalue weighted by atomic mass is 19.4. The van der Waals surface area contributed by atoms with Crippen LogP contribution in [0.5, 0.6) is 0 Å². The molecular formula is C14H20F3NO2. The molecule has 0 aliphatic rings. The van der Waals surface area contributed by atoms with Crippen LogP contribution in [0.25, 0.3) is 0 Å². The van der Waals surface area contributed by atoms with Gasteiger partial charge in [0.05, 0.1) is 31.8 Å². The van der Waals surface area contributed by atoms with Gasteiger partial charge in [-0.2, -0.15) is 13.2 Å². The largest absolute Gasteiger partial charge is 0.394 e. The molecule has 1 rings (SSSR count). The molecule has 6 heteroatoms. The van der Waals surface area contributed by atoms with Crippen molar-refractivity contribution in [3.05, 3.63) is 35.9 Å². The summed E-state index contributed by atoms with van der Waals surface area (Å²) in [5, 5.41) is 12.8. The molecule has 0 spiro atoms. The van der Waals surface area contributed by atoms with Gasteiger partial charge in [-0.25, -0.2) is 0 Å². The van der Waals surface area contributed by atoms with E-state index in [1.165, 1.54) is 0 Å². The highest BCUT2D eigenvalue weighted by Gasteiger charge is 2.32. The third-order valence-electron chi connectivity index (χ3n) is 2.99. The zero-order chi connectivity index (χ0) is 15.1. The van der Waals surface area contributed by atoms with E-state index in [1.54, 1.807) is 0 Å². The quantitative estimate of drug-likeness (QED) is 0.723. The molecule has 0 bridgehead atoms. The second kappa shape index (κ2) is 7.61. The second-order valence-electron chi connectivity index (χ2n) is 4.55. The number of alkyl halides is 3. The number of benzene rings is 1. The number of halogens is 3. The minimum absolute atomic E-state index is 0.0164. The maximum atomic E-state index is 12.1. The minimum Gasteiger partial charge on any atom is -0.394 e. The molecule has 0 amide bonds. The fourth-order valence-corrected chi connectivity index (χ4v) is 1.96. The summed E-state index contributed by atoms with van der Waals surface area (Å²) in [5.74, 6) is 0. The zero-order valence-electron chi connectivity index (χ0n) is 11.4. The molecular weight excluding hydrogens is 271 g/mol. The standard InChI is InChI=1S/C14H20F3NO2/c1-2-18-13(10-19,12-6-4-3-5-7-12)11-20-9-8-14(15,16)17/h3-7,18-19H,2,8-11H2,1H3. The second-order valence-corrected chi connectivity index (χ2v) is 4.55. The van der Waals surface area contributed by atoms with Gasteiger partial charge in [-0.15, -0.1) is 0 Å². The molecule has 3 nitrogen and oxygen atoms in total. The van der Waals surface area contributed by atoms with E-state index in [9.17, 15) is 18.3 Å². The number of rotatable bonds is 8. The number of likely N-dealkylation sites (N-methyl/N-ethyl adjacent to an activating group) is 1. The average Bonchev–Trinajstić information content (AvgIpc) is 2.42. The van der Waals surface area contributed by atoms with Gasteiger partial charge in [0.15, 0.2) is 0 Å². The Hall–Kier alpha value is -1.11. The van der Waals surface area contributed by atoms with Crippen LogP contribution < -0.4 is 5.32 Å². The Morgan fingerprint density at radius 2 is 1.85 bits per heavy atom. The van der Waals surface area contributed by atoms with Gasteiger partial charge in [-0.3, -0.25) is 0 Å². The van der Waals surface area contributed by atoms with E-state index < -0.39 is 24.7 Å². The molecule has 20 heavy (non-hydrogen) atoms. The zero-order valence-corrected chi connectivity index (χ0v) is 11.4. The lowest BCUT2D eigenvalue weighted by molar-refractivity contribution is -0.147. The van der Waals surface area contributed by atoms with Gasteiger partial charge < -0.3 is 15.2 Å². The number of hydrogen-bond donors (Lipinski definition) is 2. The summed E-state index contributed by atoms with van der Waals surface area (Å²) in [6.45, 7) is 1.75. The summed E-state index contributed by atoms with van der Waals surface area (Å²) in [6, 6.07) is 9.08. The maximum Gasteiger partial charge on any atom is 0.391 e. The van der Waals surface area contributed by atoms with Crippen molar-refractivity contribution in [2.24, 2.45) is 0 Å². The molecule has 0 fully saturated rings. The van der Waals surface area contributed by atoms with E-state index in [1.807, 2.05) is 37.3 Å². The van der Waals surface area contributed by atoms with Crippen molar-refractivity contribution in [2.75, 3.05) is 26.4 Å². The van der Waals surface area contributed by atoms with Crippen LogP contribution in [0.4, 0.5) is 13.2 Å². The maximum absolute atomic E-state index is 12.1. The topological polar surface area (TPSA) is 41.5 Å². The highest BCUT2D eigenvalue weighted by molar-refractivity contribution is 5.25. The summed E-state index contributed by atoms with van der Waals surface area (Å²) in [4.78, 5) is 0. The van der Waals surface area contributed by atoms with E-state index in [4.69, 9.17) is 4.74 Å². The van der Waals surface area contributed by atoms with Crippen molar-refractivity contribution >= 4 is 0 Å². The van der Waals surface area contributed by atoms with Gasteiger partial charge in [-0.05, 0) is 12.1 Å². The van der Waals surface area contributed by atoms with Crippen molar-refractivity contribution in [1.29, 1.82) is 0 Å². The molecule has 0 radical (unpaired) electrons. The lowest BCUT2D eigenvalue weighted by Gasteiger charge is -2.33. The first-order chi connectivity index (χ1) is 9.43. The average molecular weight is 291 g/mol. The van der Waals surface area contributed by atoms with Gasteiger partial charge in [0, 0.05) is 0 Å². The summed E-state index contributed by atoms with van der Waals surface area (Å²) >= 11 is 0. The number of hydrogen-bond acceptors (Lipinski definition) is 3. The van der Waals surface area contributed by atoms with Crippen molar-refractivity contribution in [3.63, 3.8) is 0 Å². The minimum atomic E-state index is -4.23. The van der Waals surface area contributed by atoms with Crippen LogP contribution in [-0.2, 0) is 10.3 Å². The molecule has 0 heterocycles. The van der Waals surface area contributed by atoms with Gasteiger partial charge in [-0.1, -0.05) is 37.3 Å². The van der Waals surface area contributed by atoms with Crippen LogP contribution in [0.1, 0.15) is 18.9 Å². The van der Waals surface area contributed by atoms with E-state index in [2.05, 4.69) is 5.32 Å². The Morgan fingerprint density at radius 3 is 2.35 bits per heavy atom. The number of aliphatic hydroxyl groups is 1. The Balaban J connectivity index is 2.69. The Labute approximate surface area is 116 Å². The first kappa shape index (κ1) is 16.9. The van der Waals surface area contributed by atoms with Gasteiger partial charge in [0.2, 0.25) is 0 Å². The number of ether oxygens (including phenoxy) is 1. The molecule has 1 unspecified atom stereocenters. The van der Waals surface area contributed by atoms with Crippen LogP contribution >= 0.6 is 0 Å². The molecule has 114 valence electrons. The first-order valence-corrected chi connectivity index (χ1v) is 6.49. The molecule has 2 N–H and O–H groups in total. The molecule has 0 aliphatic heterocycles. The van der Waals surface area contributed by atoms with Crippen molar-refractivity contribution in [2.45, 2.75) is 25.1 Å². The number of nitrogens with one attached hydrogen (secondary N) is 1. The highest BCUT2D eigenvalue weighted by Crippen LogP contribution is 2.23. The van der Waals surface area contributed by atoms with Crippen LogP contribution in [0.2, 0.25) is 0 Å². The lowest BCUT2D eigenvalue weighted by Crippen LogP contribution is -2.49. The summed E-state index contributed by atoms with van der Waals surface area (Å²) in [7, 11) is 0. The molecule has 0 saturated heterocycles. The van der Waals surface area contributed by atoms with E-state index in [0.29, 0.717) is 6.54 Å². The van der Waals surface area contributed by atoms with Crippen molar-refractivity contribution in [1.82, 2.24) is 5.32 Å². The number of aliphatic hydroxyl groups excluding tert-OH is 1. The molecule has 0 aromatic heterocycles. The van der Waals surface area contributed by atoms with Crippen LogP contribution in [0, 0.1) is 0 Å². The van der Waals surface area contributed by atoms with E-state index in [-0.39, 0.29) is 13.2 Å². The first-order valence-electron chi connectivity index (χ1n) is 6.49. The van der Waals surface area contributed by atoms with Crippen LogP contribution in [0.15, 0.2) is 30.3 Å². The van der Waals surface area contributed by atoms with Gasteiger partial charge in [0.25, 0.3) is 0 Å². The van der Waals surface area contributed by atoms with Crippen LogP contribution in [0.3, 0.4) is 0 Å². The summed E-state index contributed by atoms with van der Waals surface area (Å²) < 4.78 is 41.4. The SMILES string of the molecule is CCNC(CO)(COCCC(F)(F)F)c1ccccc1. The van der Waals surface area contributed by atoms with E-state index in [0.717, 1.165) is 5.56 Å². The predicted molar refractivity (Wildman–Crippen MR) is 70.4 cm³/mol. The van der Waals surface area contributed by atoms with Crippen molar-refractivity contribution in [3.8, 4) is 0 Å². The Kier molecular flexibility index (Phi) is 6.45. The predicted octanol–water partition coefficient (Wildman–Crippen LogP) is 2.45. The smallest absolute Gasteiger partial charge is 0.391 e. The summed E-state index contributed by atoms with van der Waals surface area (Å²) in [6.07, 6.45) is -5.22. The fraction of sp³-hybridized carbons (Fsp3) is 0.571. The third kappa shape index (κ3) is 5.11. The molecule has 1 atom stereocenters. The summed E-state index contributed by atoms with van der Waals surface area (Å²) in [5.41, 5.74) is -0.0851. The Morgan fingerprint density at radius 1 is 1.20 bits per heavy atom. The normalized spacial score (nSPS) is 15.1.